The van der Waals surface area contributed by atoms with Crippen molar-refractivity contribution in [3.05, 3.63) is 33.9 Å². The van der Waals surface area contributed by atoms with Crippen LogP contribution in [0.25, 0.3) is 0 Å². The minimum absolute atomic E-state index is 0.137. The van der Waals surface area contributed by atoms with Crippen LogP contribution in [0.1, 0.15) is 43.0 Å². The second-order valence-electron chi connectivity index (χ2n) is 6.55. The van der Waals surface area contributed by atoms with Crippen molar-refractivity contribution in [2.45, 2.75) is 44.2 Å². The lowest BCUT2D eigenvalue weighted by Gasteiger charge is -2.31. The van der Waals surface area contributed by atoms with Crippen LogP contribution in [-0.4, -0.2) is 44.9 Å². The first kappa shape index (κ1) is 16.2. The number of benzene rings is 1. The van der Waals surface area contributed by atoms with E-state index >= 15 is 0 Å². The number of rotatable bonds is 5. The maximum atomic E-state index is 12.7. The van der Waals surface area contributed by atoms with Crippen LogP contribution >= 0.6 is 0 Å². The number of hydrogen-bond acceptors (Lipinski definition) is 5. The summed E-state index contributed by atoms with van der Waals surface area (Å²) in [4.78, 5) is 36.3. The summed E-state index contributed by atoms with van der Waals surface area (Å²) >= 11 is 0. The second-order valence-corrected chi connectivity index (χ2v) is 6.55. The summed E-state index contributed by atoms with van der Waals surface area (Å²) in [5, 5.41) is 23.8. The molecule has 8 heteroatoms. The number of anilines is 1. The van der Waals surface area contributed by atoms with E-state index in [1.165, 1.54) is 30.0 Å². The first-order chi connectivity index (χ1) is 11.3. The Labute approximate surface area is 138 Å². The zero-order valence-corrected chi connectivity index (χ0v) is 13.3. The predicted molar refractivity (Wildman–Crippen MR) is 86.1 cm³/mol. The number of amides is 1. The fraction of sp³-hybridized carbons (Fsp3) is 0.500. The monoisotopic (exact) mass is 333 g/mol. The molecule has 3 rings (SSSR count). The van der Waals surface area contributed by atoms with Gasteiger partial charge in [-0.15, -0.1) is 0 Å². The van der Waals surface area contributed by atoms with Gasteiger partial charge in [-0.2, -0.15) is 0 Å². The Morgan fingerprint density at radius 1 is 1.42 bits per heavy atom. The van der Waals surface area contributed by atoms with Crippen LogP contribution in [0.15, 0.2) is 18.2 Å². The Balaban J connectivity index is 1.91. The number of carbonyl (C=O) groups excluding carboxylic acids is 1. The van der Waals surface area contributed by atoms with E-state index < -0.39 is 22.3 Å². The number of nitro groups is 1. The van der Waals surface area contributed by atoms with E-state index in [4.69, 9.17) is 0 Å². The largest absolute Gasteiger partial charge is 0.480 e. The Morgan fingerprint density at radius 3 is 2.71 bits per heavy atom. The van der Waals surface area contributed by atoms with Gasteiger partial charge in [0, 0.05) is 24.2 Å². The number of carbonyl (C=O) groups is 2. The molecule has 0 aromatic heterocycles. The minimum atomic E-state index is -1.27. The third-order valence-electron chi connectivity index (χ3n) is 4.73. The molecule has 1 unspecified atom stereocenters. The van der Waals surface area contributed by atoms with Crippen LogP contribution < -0.4 is 5.32 Å². The smallest absolute Gasteiger partial charge is 0.329 e. The van der Waals surface area contributed by atoms with E-state index in [2.05, 4.69) is 5.32 Å². The number of hydrogen-bond donors (Lipinski definition) is 2. The average molecular weight is 333 g/mol. The molecule has 1 heterocycles. The topological polar surface area (TPSA) is 113 Å². The third-order valence-corrected chi connectivity index (χ3v) is 4.73. The summed E-state index contributed by atoms with van der Waals surface area (Å²) in [5.74, 6) is -1.55. The quantitative estimate of drug-likeness (QED) is 0.631. The standard InChI is InChI=1S/C16H19N3O5/c1-16(15(21)22)7-2-8-18(16)14(20)10-3-6-12(17-11-4-5-11)13(9-10)19(23)24/h3,6,9,11,17H,2,4-5,7-8H2,1H3,(H,21,22). The maximum Gasteiger partial charge on any atom is 0.329 e. The van der Waals surface area contributed by atoms with E-state index in [9.17, 15) is 24.8 Å². The Hall–Kier alpha value is -2.64. The van der Waals surface area contributed by atoms with Gasteiger partial charge < -0.3 is 15.3 Å². The normalized spacial score (nSPS) is 23.1. The molecule has 2 N–H and O–H groups in total. The molecule has 1 aromatic carbocycles. The maximum absolute atomic E-state index is 12.7. The lowest BCUT2D eigenvalue weighted by Crippen LogP contribution is -2.50. The highest BCUT2D eigenvalue weighted by atomic mass is 16.6. The number of carboxylic acids is 1. The summed E-state index contributed by atoms with van der Waals surface area (Å²) in [5.41, 5.74) is -0.903. The average Bonchev–Trinajstić information content (AvgIpc) is 3.26. The van der Waals surface area contributed by atoms with E-state index in [1.54, 1.807) is 0 Å². The van der Waals surface area contributed by atoms with Crippen LogP contribution in [0, 0.1) is 10.1 Å². The molecule has 1 atom stereocenters. The fourth-order valence-electron chi connectivity index (χ4n) is 3.05. The van der Waals surface area contributed by atoms with Crippen LogP contribution in [0.4, 0.5) is 11.4 Å². The van der Waals surface area contributed by atoms with Crippen molar-refractivity contribution in [1.29, 1.82) is 0 Å². The van der Waals surface area contributed by atoms with Gasteiger partial charge in [0.2, 0.25) is 0 Å². The summed E-state index contributed by atoms with van der Waals surface area (Å²) in [7, 11) is 0. The second kappa shape index (κ2) is 5.77. The van der Waals surface area contributed by atoms with Crippen LogP contribution in [0.2, 0.25) is 0 Å². The molecule has 24 heavy (non-hydrogen) atoms. The van der Waals surface area contributed by atoms with Gasteiger partial charge in [-0.25, -0.2) is 4.79 Å². The molecule has 2 aliphatic rings. The Bertz CT molecular complexity index is 716. The molecule has 0 spiro atoms. The number of nitro benzene ring substituents is 1. The van der Waals surface area contributed by atoms with Crippen LogP contribution in [0.5, 0.6) is 0 Å². The first-order valence-electron chi connectivity index (χ1n) is 7.93. The first-order valence-corrected chi connectivity index (χ1v) is 7.93. The van der Waals surface area contributed by atoms with Crippen molar-refractivity contribution < 1.29 is 19.6 Å². The van der Waals surface area contributed by atoms with Crippen molar-refractivity contribution >= 4 is 23.3 Å². The van der Waals surface area contributed by atoms with Crippen molar-refractivity contribution in [3.8, 4) is 0 Å². The van der Waals surface area contributed by atoms with E-state index in [0.717, 1.165) is 12.8 Å². The fourth-order valence-corrected chi connectivity index (χ4v) is 3.05. The SMILES string of the molecule is CC1(C(=O)O)CCCN1C(=O)c1ccc(NC2CC2)c([N+](=O)[O-])c1. The van der Waals surface area contributed by atoms with Crippen molar-refractivity contribution in [1.82, 2.24) is 4.90 Å². The highest BCUT2D eigenvalue weighted by Gasteiger charge is 2.46. The lowest BCUT2D eigenvalue weighted by atomic mass is 9.98. The summed E-state index contributed by atoms with van der Waals surface area (Å²) in [6.07, 6.45) is 2.92. The molecule has 0 radical (unpaired) electrons. The van der Waals surface area contributed by atoms with Gasteiger partial charge in [0.25, 0.3) is 11.6 Å². The zero-order valence-electron chi connectivity index (χ0n) is 13.3. The van der Waals surface area contributed by atoms with Crippen molar-refractivity contribution in [2.24, 2.45) is 0 Å². The van der Waals surface area contributed by atoms with Gasteiger partial charge in [0.1, 0.15) is 11.2 Å². The van der Waals surface area contributed by atoms with Crippen molar-refractivity contribution in [3.63, 3.8) is 0 Å². The van der Waals surface area contributed by atoms with Crippen LogP contribution in [-0.2, 0) is 4.79 Å². The lowest BCUT2D eigenvalue weighted by molar-refractivity contribution is -0.384. The molecule has 1 aliphatic heterocycles. The zero-order chi connectivity index (χ0) is 17.5. The van der Waals surface area contributed by atoms with Gasteiger partial charge >= 0.3 is 5.97 Å². The number of aliphatic carboxylic acids is 1. The Morgan fingerprint density at radius 2 is 2.12 bits per heavy atom. The van der Waals surface area contributed by atoms with Crippen molar-refractivity contribution in [2.75, 3.05) is 11.9 Å². The predicted octanol–water partition coefficient (Wildman–Crippen LogP) is 2.25. The highest BCUT2D eigenvalue weighted by Crippen LogP contribution is 2.34. The van der Waals surface area contributed by atoms with E-state index in [1.807, 2.05) is 0 Å². The van der Waals surface area contributed by atoms with Crippen LogP contribution in [0.3, 0.4) is 0 Å². The molecule has 2 fully saturated rings. The molecule has 8 nitrogen and oxygen atoms in total. The molecule has 128 valence electrons. The molecule has 1 aromatic rings. The molecular formula is C16H19N3O5. The van der Waals surface area contributed by atoms with E-state index in [-0.39, 0.29) is 17.3 Å². The summed E-state index contributed by atoms with van der Waals surface area (Å²) < 4.78 is 0. The van der Waals surface area contributed by atoms with Gasteiger partial charge in [-0.1, -0.05) is 0 Å². The molecule has 1 aliphatic carbocycles. The minimum Gasteiger partial charge on any atom is -0.480 e. The number of carboxylic acid groups (broad SMARTS) is 1. The number of nitrogens with zero attached hydrogens (tertiary/aromatic N) is 2. The molecule has 1 amide bonds. The van der Waals surface area contributed by atoms with Gasteiger partial charge in [-0.05, 0) is 44.7 Å². The van der Waals surface area contributed by atoms with E-state index in [0.29, 0.717) is 25.1 Å². The highest BCUT2D eigenvalue weighted by molar-refractivity contribution is 5.99. The van der Waals surface area contributed by atoms with Gasteiger partial charge in [0.05, 0.1) is 4.92 Å². The Kier molecular flexibility index (Phi) is 3.90. The molecule has 0 bridgehead atoms. The third kappa shape index (κ3) is 2.79. The number of nitrogens with one attached hydrogen (secondary N) is 1. The molecule has 1 saturated heterocycles. The number of likely N-dealkylation sites (tertiary alicyclic amines) is 1. The molecule has 1 saturated carbocycles. The van der Waals surface area contributed by atoms with Gasteiger partial charge in [-0.3, -0.25) is 14.9 Å². The van der Waals surface area contributed by atoms with Gasteiger partial charge in [0.15, 0.2) is 0 Å². The molecular weight excluding hydrogens is 314 g/mol. The summed E-state index contributed by atoms with van der Waals surface area (Å²) in [6, 6.07) is 4.52. The summed E-state index contributed by atoms with van der Waals surface area (Å²) in [6.45, 7) is 1.84.